The van der Waals surface area contributed by atoms with E-state index in [-0.39, 0.29) is 11.9 Å². The molecular formula is C13H13ClFNOS. The van der Waals surface area contributed by atoms with E-state index in [0.717, 1.165) is 10.4 Å². The molecule has 0 bridgehead atoms. The van der Waals surface area contributed by atoms with Gasteiger partial charge in [-0.25, -0.2) is 4.39 Å². The van der Waals surface area contributed by atoms with Crippen molar-refractivity contribution < 1.29 is 9.13 Å². The van der Waals surface area contributed by atoms with Gasteiger partial charge in [-0.1, -0.05) is 17.7 Å². The lowest BCUT2D eigenvalue weighted by molar-refractivity contribution is 0.303. The SMILES string of the molecule is C[C@H](N)c1ccc(F)cc1OCc1ccc(Cl)s1. The quantitative estimate of drug-likeness (QED) is 0.916. The van der Waals surface area contributed by atoms with E-state index in [1.165, 1.54) is 23.5 Å². The van der Waals surface area contributed by atoms with Crippen LogP contribution < -0.4 is 10.5 Å². The van der Waals surface area contributed by atoms with Crippen molar-refractivity contribution in [3.63, 3.8) is 0 Å². The second-order valence-corrected chi connectivity index (χ2v) is 5.76. The Morgan fingerprint density at radius 2 is 2.17 bits per heavy atom. The number of nitrogens with two attached hydrogens (primary N) is 1. The Kier molecular flexibility index (Phi) is 4.22. The molecular weight excluding hydrogens is 273 g/mol. The second-order valence-electron chi connectivity index (χ2n) is 3.97. The lowest BCUT2D eigenvalue weighted by Crippen LogP contribution is -2.08. The Morgan fingerprint density at radius 3 is 2.78 bits per heavy atom. The molecule has 0 amide bonds. The number of hydrogen-bond acceptors (Lipinski definition) is 3. The molecule has 96 valence electrons. The number of hydrogen-bond donors (Lipinski definition) is 1. The summed E-state index contributed by atoms with van der Waals surface area (Å²) < 4.78 is 19.5. The molecule has 2 nitrogen and oxygen atoms in total. The summed E-state index contributed by atoms with van der Waals surface area (Å²) in [7, 11) is 0. The summed E-state index contributed by atoms with van der Waals surface area (Å²) in [6.07, 6.45) is 0. The monoisotopic (exact) mass is 285 g/mol. The molecule has 0 aliphatic rings. The van der Waals surface area contributed by atoms with Gasteiger partial charge in [-0.15, -0.1) is 11.3 Å². The Hall–Kier alpha value is -1.10. The molecule has 18 heavy (non-hydrogen) atoms. The third-order valence-electron chi connectivity index (χ3n) is 2.46. The van der Waals surface area contributed by atoms with Crippen molar-refractivity contribution in [3.8, 4) is 5.75 Å². The normalized spacial score (nSPS) is 12.4. The fraction of sp³-hybridized carbons (Fsp3) is 0.231. The molecule has 1 heterocycles. The number of ether oxygens (including phenoxy) is 1. The molecule has 0 spiro atoms. The van der Waals surface area contributed by atoms with Crippen LogP contribution in [0, 0.1) is 5.82 Å². The number of rotatable bonds is 4. The number of benzene rings is 1. The van der Waals surface area contributed by atoms with E-state index in [4.69, 9.17) is 22.1 Å². The molecule has 5 heteroatoms. The Morgan fingerprint density at radius 1 is 1.39 bits per heavy atom. The fourth-order valence-electron chi connectivity index (χ4n) is 1.59. The molecule has 2 rings (SSSR count). The maximum absolute atomic E-state index is 13.2. The topological polar surface area (TPSA) is 35.2 Å². The first-order chi connectivity index (χ1) is 8.56. The van der Waals surface area contributed by atoms with Crippen molar-refractivity contribution in [1.82, 2.24) is 0 Å². The van der Waals surface area contributed by atoms with Gasteiger partial charge >= 0.3 is 0 Å². The summed E-state index contributed by atoms with van der Waals surface area (Å²) >= 11 is 7.27. The average Bonchev–Trinajstić information content (AvgIpc) is 2.72. The van der Waals surface area contributed by atoms with Crippen LogP contribution in [0.15, 0.2) is 30.3 Å². The van der Waals surface area contributed by atoms with Gasteiger partial charge in [-0.05, 0) is 25.1 Å². The standard InChI is InChI=1S/C13H13ClFNOS/c1-8(16)11-4-2-9(15)6-12(11)17-7-10-3-5-13(14)18-10/h2-6,8H,7,16H2,1H3/t8-/m0/s1. The predicted octanol–water partition coefficient (Wildman–Crippen LogP) is 4.14. The molecule has 1 aromatic heterocycles. The molecule has 0 aliphatic heterocycles. The van der Waals surface area contributed by atoms with Gasteiger partial charge in [0.15, 0.2) is 0 Å². The molecule has 0 saturated carbocycles. The first kappa shape index (κ1) is 13.3. The maximum atomic E-state index is 13.2. The van der Waals surface area contributed by atoms with Gasteiger partial charge in [0.1, 0.15) is 18.2 Å². The van der Waals surface area contributed by atoms with Crippen molar-refractivity contribution in [3.05, 3.63) is 50.9 Å². The molecule has 1 atom stereocenters. The highest BCUT2D eigenvalue weighted by atomic mass is 35.5. The van der Waals surface area contributed by atoms with E-state index in [1.807, 2.05) is 19.1 Å². The van der Waals surface area contributed by atoms with Crippen molar-refractivity contribution >= 4 is 22.9 Å². The van der Waals surface area contributed by atoms with Crippen LogP contribution in [0.4, 0.5) is 4.39 Å². The summed E-state index contributed by atoms with van der Waals surface area (Å²) in [5, 5.41) is 0. The zero-order chi connectivity index (χ0) is 13.1. The van der Waals surface area contributed by atoms with Gasteiger partial charge in [0.2, 0.25) is 0 Å². The highest BCUT2D eigenvalue weighted by molar-refractivity contribution is 7.16. The molecule has 0 aliphatic carbocycles. The van der Waals surface area contributed by atoms with Crippen LogP contribution in [0.25, 0.3) is 0 Å². The molecule has 0 radical (unpaired) electrons. The van der Waals surface area contributed by atoms with E-state index >= 15 is 0 Å². The number of halogens is 2. The summed E-state index contributed by atoms with van der Waals surface area (Å²) in [6.45, 7) is 2.20. The van der Waals surface area contributed by atoms with Gasteiger partial charge in [-0.2, -0.15) is 0 Å². The van der Waals surface area contributed by atoms with Crippen molar-refractivity contribution in [2.45, 2.75) is 19.6 Å². The summed E-state index contributed by atoms with van der Waals surface area (Å²) in [6, 6.07) is 7.88. The van der Waals surface area contributed by atoms with Crippen molar-refractivity contribution in [1.29, 1.82) is 0 Å². The van der Waals surface area contributed by atoms with Crippen LogP contribution in [0.5, 0.6) is 5.75 Å². The van der Waals surface area contributed by atoms with Gasteiger partial charge in [-0.3, -0.25) is 0 Å². The Balaban J connectivity index is 2.15. The van der Waals surface area contributed by atoms with E-state index in [1.54, 1.807) is 6.07 Å². The minimum absolute atomic E-state index is 0.201. The molecule has 2 aromatic rings. The van der Waals surface area contributed by atoms with Crippen LogP contribution in [0.2, 0.25) is 4.34 Å². The molecule has 0 fully saturated rings. The lowest BCUT2D eigenvalue weighted by Gasteiger charge is -2.13. The third-order valence-corrected chi connectivity index (χ3v) is 3.67. The van der Waals surface area contributed by atoms with Gasteiger partial charge < -0.3 is 10.5 Å². The summed E-state index contributed by atoms with van der Waals surface area (Å²) in [5.41, 5.74) is 6.61. The smallest absolute Gasteiger partial charge is 0.127 e. The summed E-state index contributed by atoms with van der Waals surface area (Å²) in [5.74, 6) is 0.146. The van der Waals surface area contributed by atoms with Crippen LogP contribution in [0.1, 0.15) is 23.4 Å². The molecule has 2 N–H and O–H groups in total. The third kappa shape index (κ3) is 3.22. The van der Waals surface area contributed by atoms with E-state index in [0.29, 0.717) is 16.7 Å². The van der Waals surface area contributed by atoms with Crippen LogP contribution in [-0.4, -0.2) is 0 Å². The van der Waals surface area contributed by atoms with Crippen molar-refractivity contribution in [2.75, 3.05) is 0 Å². The molecule has 0 saturated heterocycles. The van der Waals surface area contributed by atoms with E-state index in [9.17, 15) is 4.39 Å². The highest BCUT2D eigenvalue weighted by Gasteiger charge is 2.10. The fourth-order valence-corrected chi connectivity index (χ4v) is 2.59. The lowest BCUT2D eigenvalue weighted by atomic mass is 10.1. The summed E-state index contributed by atoms with van der Waals surface area (Å²) in [4.78, 5) is 0.986. The average molecular weight is 286 g/mol. The van der Waals surface area contributed by atoms with Crippen molar-refractivity contribution in [2.24, 2.45) is 5.73 Å². The van der Waals surface area contributed by atoms with Gasteiger partial charge in [0, 0.05) is 22.5 Å². The van der Waals surface area contributed by atoms with Crippen LogP contribution in [-0.2, 0) is 6.61 Å². The van der Waals surface area contributed by atoms with Crippen LogP contribution >= 0.6 is 22.9 Å². The van der Waals surface area contributed by atoms with E-state index < -0.39 is 0 Å². The minimum Gasteiger partial charge on any atom is -0.488 e. The first-order valence-electron chi connectivity index (χ1n) is 5.48. The Bertz CT molecular complexity index is 542. The van der Waals surface area contributed by atoms with Gasteiger partial charge in [0.05, 0.1) is 4.34 Å². The maximum Gasteiger partial charge on any atom is 0.127 e. The first-order valence-corrected chi connectivity index (χ1v) is 6.68. The van der Waals surface area contributed by atoms with Gasteiger partial charge in [0.25, 0.3) is 0 Å². The predicted molar refractivity (Wildman–Crippen MR) is 72.7 cm³/mol. The van der Waals surface area contributed by atoms with Crippen LogP contribution in [0.3, 0.4) is 0 Å². The highest BCUT2D eigenvalue weighted by Crippen LogP contribution is 2.27. The second kappa shape index (κ2) is 5.69. The Labute approximate surface area is 114 Å². The zero-order valence-electron chi connectivity index (χ0n) is 9.82. The molecule has 1 aromatic carbocycles. The minimum atomic E-state index is -0.335. The largest absolute Gasteiger partial charge is 0.488 e. The number of thiophene rings is 1. The molecule has 0 unspecified atom stereocenters. The van der Waals surface area contributed by atoms with E-state index in [2.05, 4.69) is 0 Å². The zero-order valence-corrected chi connectivity index (χ0v) is 11.4.